The van der Waals surface area contributed by atoms with Gasteiger partial charge in [0.2, 0.25) is 0 Å². The summed E-state index contributed by atoms with van der Waals surface area (Å²) in [6, 6.07) is 16.5. The van der Waals surface area contributed by atoms with Gasteiger partial charge in [-0.15, -0.1) is 0 Å². The number of fused-ring (bicyclic) bond motifs is 1. The average molecular weight is 266 g/mol. The van der Waals surface area contributed by atoms with Crippen LogP contribution in [0.3, 0.4) is 0 Å². The van der Waals surface area contributed by atoms with Gasteiger partial charge in [-0.2, -0.15) is 5.26 Å². The van der Waals surface area contributed by atoms with Gasteiger partial charge >= 0.3 is 0 Å². The van der Waals surface area contributed by atoms with E-state index in [-0.39, 0.29) is 12.1 Å². The number of hydrogen-bond acceptors (Lipinski definition) is 3. The van der Waals surface area contributed by atoms with Crippen LogP contribution in [0.1, 0.15) is 24.4 Å². The fourth-order valence-corrected chi connectivity index (χ4v) is 2.68. The van der Waals surface area contributed by atoms with E-state index in [4.69, 9.17) is 4.74 Å². The number of rotatable bonds is 4. The van der Waals surface area contributed by atoms with Gasteiger partial charge in [-0.1, -0.05) is 36.4 Å². The summed E-state index contributed by atoms with van der Waals surface area (Å²) in [5, 5.41) is 15.0. The largest absolute Gasteiger partial charge is 0.377 e. The van der Waals surface area contributed by atoms with Crippen molar-refractivity contribution in [3.8, 4) is 6.07 Å². The van der Waals surface area contributed by atoms with E-state index in [1.165, 1.54) is 10.8 Å². The number of ether oxygens (including phenoxy) is 1. The van der Waals surface area contributed by atoms with E-state index in [1.807, 2.05) is 18.2 Å². The van der Waals surface area contributed by atoms with Gasteiger partial charge in [0.15, 0.2) is 0 Å². The van der Waals surface area contributed by atoms with Gasteiger partial charge in [0.25, 0.3) is 0 Å². The Morgan fingerprint density at radius 2 is 2.10 bits per heavy atom. The minimum atomic E-state index is -0.274. The van der Waals surface area contributed by atoms with Crippen LogP contribution in [0.4, 0.5) is 0 Å². The minimum absolute atomic E-state index is 0.256. The molecule has 2 aromatic rings. The molecule has 20 heavy (non-hydrogen) atoms. The van der Waals surface area contributed by atoms with Crippen LogP contribution in [0.15, 0.2) is 42.5 Å². The highest BCUT2D eigenvalue weighted by atomic mass is 16.5. The molecule has 1 aliphatic rings. The van der Waals surface area contributed by atoms with Crippen LogP contribution in [-0.2, 0) is 4.74 Å². The topological polar surface area (TPSA) is 45.0 Å². The smallest absolute Gasteiger partial charge is 0.121 e. The van der Waals surface area contributed by atoms with Crippen molar-refractivity contribution in [1.29, 1.82) is 5.26 Å². The molecule has 2 atom stereocenters. The molecule has 3 heteroatoms. The molecule has 0 amide bonds. The van der Waals surface area contributed by atoms with E-state index in [9.17, 15) is 5.26 Å². The van der Waals surface area contributed by atoms with Crippen molar-refractivity contribution in [2.75, 3.05) is 13.2 Å². The summed E-state index contributed by atoms with van der Waals surface area (Å²) in [4.78, 5) is 0. The fourth-order valence-electron chi connectivity index (χ4n) is 2.68. The van der Waals surface area contributed by atoms with Gasteiger partial charge in [0.1, 0.15) is 6.04 Å². The predicted octanol–water partition coefficient (Wildman–Crippen LogP) is 3.17. The first kappa shape index (κ1) is 13.1. The summed E-state index contributed by atoms with van der Waals surface area (Å²) in [5.74, 6) is 0. The van der Waals surface area contributed by atoms with Crippen molar-refractivity contribution in [2.24, 2.45) is 0 Å². The van der Waals surface area contributed by atoms with Gasteiger partial charge in [-0.3, -0.25) is 5.32 Å². The summed E-state index contributed by atoms with van der Waals surface area (Å²) in [6.45, 7) is 1.59. The normalized spacial score (nSPS) is 19.9. The lowest BCUT2D eigenvalue weighted by Crippen LogP contribution is -2.29. The number of hydrogen-bond donors (Lipinski definition) is 1. The van der Waals surface area contributed by atoms with Gasteiger partial charge < -0.3 is 4.74 Å². The summed E-state index contributed by atoms with van der Waals surface area (Å²) in [5.41, 5.74) is 1.02. The van der Waals surface area contributed by atoms with Gasteiger partial charge in [-0.05, 0) is 35.2 Å². The van der Waals surface area contributed by atoms with E-state index < -0.39 is 0 Å². The third kappa shape index (κ3) is 2.82. The molecule has 2 aromatic carbocycles. The Kier molecular flexibility index (Phi) is 3.96. The average Bonchev–Trinajstić information content (AvgIpc) is 3.01. The molecule has 102 valence electrons. The second-order valence-electron chi connectivity index (χ2n) is 5.21. The maximum Gasteiger partial charge on any atom is 0.121 e. The Balaban J connectivity index is 1.74. The van der Waals surface area contributed by atoms with Crippen molar-refractivity contribution in [3.05, 3.63) is 48.0 Å². The van der Waals surface area contributed by atoms with Crippen molar-refractivity contribution < 1.29 is 4.74 Å². The quantitative estimate of drug-likeness (QED) is 0.924. The highest BCUT2D eigenvalue weighted by molar-refractivity contribution is 5.83. The van der Waals surface area contributed by atoms with Crippen molar-refractivity contribution in [3.63, 3.8) is 0 Å². The molecule has 0 radical (unpaired) electrons. The zero-order valence-electron chi connectivity index (χ0n) is 11.4. The molecule has 0 spiro atoms. The molecular formula is C17H18N2O. The molecule has 1 saturated heterocycles. The van der Waals surface area contributed by atoms with Gasteiger partial charge in [0, 0.05) is 13.2 Å². The molecule has 0 saturated carbocycles. The van der Waals surface area contributed by atoms with Crippen LogP contribution in [0.2, 0.25) is 0 Å². The lowest BCUT2D eigenvalue weighted by molar-refractivity contribution is 0.109. The predicted molar refractivity (Wildman–Crippen MR) is 79.3 cm³/mol. The summed E-state index contributed by atoms with van der Waals surface area (Å²) in [6.07, 6.45) is 2.47. The molecule has 2 unspecified atom stereocenters. The molecule has 1 fully saturated rings. The van der Waals surface area contributed by atoms with E-state index in [2.05, 4.69) is 35.7 Å². The molecule has 1 N–H and O–H groups in total. The fraction of sp³-hybridized carbons (Fsp3) is 0.353. The van der Waals surface area contributed by atoms with Crippen molar-refractivity contribution in [1.82, 2.24) is 5.32 Å². The molecular weight excluding hydrogens is 248 g/mol. The van der Waals surface area contributed by atoms with Crippen LogP contribution in [-0.4, -0.2) is 19.3 Å². The molecule has 0 aromatic heterocycles. The third-order valence-electron chi connectivity index (χ3n) is 3.81. The number of nitrogens with one attached hydrogen (secondary N) is 1. The van der Waals surface area contributed by atoms with Crippen LogP contribution in [0, 0.1) is 11.3 Å². The molecule has 0 bridgehead atoms. The first-order valence-electron chi connectivity index (χ1n) is 7.10. The Morgan fingerprint density at radius 1 is 1.25 bits per heavy atom. The Hall–Kier alpha value is -1.89. The highest BCUT2D eigenvalue weighted by Gasteiger charge is 2.18. The molecule has 0 aliphatic carbocycles. The van der Waals surface area contributed by atoms with Crippen molar-refractivity contribution in [2.45, 2.75) is 25.0 Å². The first-order valence-corrected chi connectivity index (χ1v) is 7.10. The molecule has 1 aliphatic heterocycles. The van der Waals surface area contributed by atoms with Gasteiger partial charge in [0.05, 0.1) is 12.2 Å². The highest BCUT2D eigenvalue weighted by Crippen LogP contribution is 2.20. The third-order valence-corrected chi connectivity index (χ3v) is 3.81. The van der Waals surface area contributed by atoms with E-state index in [1.54, 1.807) is 0 Å². The number of nitrogens with zero attached hydrogens (tertiary/aromatic N) is 1. The van der Waals surface area contributed by atoms with Gasteiger partial charge in [-0.25, -0.2) is 0 Å². The Bertz CT molecular complexity index is 626. The summed E-state index contributed by atoms with van der Waals surface area (Å²) < 4.78 is 5.58. The molecule has 1 heterocycles. The summed E-state index contributed by atoms with van der Waals surface area (Å²) in [7, 11) is 0. The van der Waals surface area contributed by atoms with Crippen molar-refractivity contribution >= 4 is 10.8 Å². The van der Waals surface area contributed by atoms with E-state index in [0.717, 1.165) is 31.6 Å². The lowest BCUT2D eigenvalue weighted by atomic mass is 10.0. The second kappa shape index (κ2) is 6.04. The summed E-state index contributed by atoms with van der Waals surface area (Å²) >= 11 is 0. The zero-order valence-corrected chi connectivity index (χ0v) is 11.4. The molecule has 3 rings (SSSR count). The lowest BCUT2D eigenvalue weighted by Gasteiger charge is -2.15. The molecule has 3 nitrogen and oxygen atoms in total. The van der Waals surface area contributed by atoms with Crippen LogP contribution >= 0.6 is 0 Å². The Labute approximate surface area is 119 Å². The standard InChI is InChI=1S/C17H18N2O/c18-11-17(19-12-16-6-3-9-20-16)15-8-7-13-4-1-2-5-14(13)10-15/h1-2,4-5,7-8,10,16-17,19H,3,6,9,12H2. The zero-order chi connectivity index (χ0) is 13.8. The van der Waals surface area contributed by atoms with Crippen LogP contribution in [0.5, 0.6) is 0 Å². The van der Waals surface area contributed by atoms with E-state index in [0.29, 0.717) is 0 Å². The number of nitriles is 1. The SMILES string of the molecule is N#CC(NCC1CCCO1)c1ccc2ccccc2c1. The van der Waals surface area contributed by atoms with Crippen LogP contribution in [0.25, 0.3) is 10.8 Å². The minimum Gasteiger partial charge on any atom is -0.377 e. The monoisotopic (exact) mass is 266 g/mol. The van der Waals surface area contributed by atoms with E-state index >= 15 is 0 Å². The second-order valence-corrected chi connectivity index (χ2v) is 5.21. The maximum atomic E-state index is 9.37. The number of benzene rings is 2. The maximum absolute atomic E-state index is 9.37. The van der Waals surface area contributed by atoms with Crippen LogP contribution < -0.4 is 5.32 Å². The first-order chi connectivity index (χ1) is 9.86. The Morgan fingerprint density at radius 3 is 2.85 bits per heavy atom.